The van der Waals surface area contributed by atoms with Gasteiger partial charge in [-0.15, -0.1) is 11.3 Å². The van der Waals surface area contributed by atoms with E-state index in [4.69, 9.17) is 4.52 Å². The van der Waals surface area contributed by atoms with Crippen LogP contribution in [0.4, 0.5) is 5.69 Å². The molecule has 5 nitrogen and oxygen atoms in total. The number of benzene rings is 1. The van der Waals surface area contributed by atoms with E-state index < -0.39 is 0 Å². The Balaban J connectivity index is 1.52. The van der Waals surface area contributed by atoms with Crippen molar-refractivity contribution in [2.75, 3.05) is 11.4 Å². The zero-order valence-electron chi connectivity index (χ0n) is 14.2. The lowest BCUT2D eigenvalue weighted by atomic mass is 10.0. The number of hydrogen-bond donors (Lipinski definition) is 0. The monoisotopic (exact) mass is 353 g/mol. The lowest BCUT2D eigenvalue weighted by Gasteiger charge is -2.17. The Bertz CT molecular complexity index is 868. The van der Waals surface area contributed by atoms with Gasteiger partial charge in [0.15, 0.2) is 0 Å². The summed E-state index contributed by atoms with van der Waals surface area (Å²) in [5, 5.41) is 6.03. The van der Waals surface area contributed by atoms with E-state index in [2.05, 4.69) is 36.1 Å². The lowest BCUT2D eigenvalue weighted by molar-refractivity contribution is -0.117. The number of anilines is 1. The second-order valence-corrected chi connectivity index (χ2v) is 7.53. The minimum Gasteiger partial charge on any atom is -0.339 e. The standard InChI is InChI=1S/C19H19N3O2S/c1-12(2)13-5-7-15(8-6-13)22-11-14(10-17(22)23)19-20-18(21-24-19)16-4-3-9-25-16/h3-9,12,14H,10-11H2,1-2H3/t14-/m1/s1. The molecule has 1 amide bonds. The summed E-state index contributed by atoms with van der Waals surface area (Å²) in [6.07, 6.45) is 0.401. The molecule has 1 saturated heterocycles. The quantitative estimate of drug-likeness (QED) is 0.696. The van der Waals surface area contributed by atoms with E-state index in [1.54, 1.807) is 11.3 Å². The van der Waals surface area contributed by atoms with Gasteiger partial charge in [0.2, 0.25) is 17.6 Å². The third kappa shape index (κ3) is 3.09. The first kappa shape index (κ1) is 16.0. The van der Waals surface area contributed by atoms with Gasteiger partial charge in [0, 0.05) is 18.7 Å². The van der Waals surface area contributed by atoms with Gasteiger partial charge in [-0.05, 0) is 35.1 Å². The van der Waals surface area contributed by atoms with E-state index >= 15 is 0 Å². The smallest absolute Gasteiger partial charge is 0.232 e. The van der Waals surface area contributed by atoms with Gasteiger partial charge in [-0.3, -0.25) is 4.79 Å². The predicted molar refractivity (Wildman–Crippen MR) is 97.9 cm³/mol. The topological polar surface area (TPSA) is 59.2 Å². The second kappa shape index (κ2) is 6.44. The summed E-state index contributed by atoms with van der Waals surface area (Å²) in [4.78, 5) is 19.7. The second-order valence-electron chi connectivity index (χ2n) is 6.59. The highest BCUT2D eigenvalue weighted by Crippen LogP contribution is 2.33. The number of carbonyl (C=O) groups is 1. The van der Waals surface area contributed by atoms with Crippen molar-refractivity contribution < 1.29 is 9.32 Å². The third-order valence-electron chi connectivity index (χ3n) is 4.53. The van der Waals surface area contributed by atoms with Crippen LogP contribution in [0.3, 0.4) is 0 Å². The first-order chi connectivity index (χ1) is 12.1. The summed E-state index contributed by atoms with van der Waals surface area (Å²) in [6, 6.07) is 12.1. The molecule has 0 radical (unpaired) electrons. The minimum absolute atomic E-state index is 0.0570. The van der Waals surface area contributed by atoms with E-state index in [9.17, 15) is 4.79 Å². The molecule has 1 atom stereocenters. The molecule has 2 aromatic heterocycles. The van der Waals surface area contributed by atoms with Crippen LogP contribution in [0.1, 0.15) is 43.6 Å². The first-order valence-electron chi connectivity index (χ1n) is 8.39. The SMILES string of the molecule is CC(C)c1ccc(N2C[C@H](c3nc(-c4cccs4)no3)CC2=O)cc1. The van der Waals surface area contributed by atoms with Crippen LogP contribution in [-0.4, -0.2) is 22.6 Å². The van der Waals surface area contributed by atoms with Crippen molar-refractivity contribution in [1.29, 1.82) is 0 Å². The largest absolute Gasteiger partial charge is 0.339 e. The van der Waals surface area contributed by atoms with Crippen molar-refractivity contribution >= 4 is 22.9 Å². The Hall–Kier alpha value is -2.47. The molecule has 128 valence electrons. The molecule has 0 bridgehead atoms. The van der Waals surface area contributed by atoms with Crippen LogP contribution in [0.5, 0.6) is 0 Å². The molecule has 1 aliphatic heterocycles. The van der Waals surface area contributed by atoms with E-state index in [1.165, 1.54) is 5.56 Å². The molecule has 6 heteroatoms. The predicted octanol–water partition coefficient (Wildman–Crippen LogP) is 4.44. The van der Waals surface area contributed by atoms with Crippen molar-refractivity contribution in [2.24, 2.45) is 0 Å². The molecule has 0 N–H and O–H groups in total. The Morgan fingerprint density at radius 2 is 2.04 bits per heavy atom. The Morgan fingerprint density at radius 1 is 1.24 bits per heavy atom. The summed E-state index contributed by atoms with van der Waals surface area (Å²) in [7, 11) is 0. The van der Waals surface area contributed by atoms with Crippen molar-refractivity contribution in [3.63, 3.8) is 0 Å². The number of hydrogen-bond acceptors (Lipinski definition) is 5. The molecule has 1 aromatic carbocycles. The minimum atomic E-state index is -0.0570. The molecule has 25 heavy (non-hydrogen) atoms. The number of carbonyl (C=O) groups excluding carboxylic acids is 1. The van der Waals surface area contributed by atoms with Crippen LogP contribution in [0.15, 0.2) is 46.3 Å². The van der Waals surface area contributed by atoms with Crippen LogP contribution in [0, 0.1) is 0 Å². The molecule has 0 spiro atoms. The maximum absolute atomic E-state index is 12.5. The van der Waals surface area contributed by atoms with Gasteiger partial charge in [-0.1, -0.05) is 37.2 Å². The highest BCUT2D eigenvalue weighted by molar-refractivity contribution is 7.13. The maximum atomic E-state index is 12.5. The lowest BCUT2D eigenvalue weighted by Crippen LogP contribution is -2.24. The summed E-state index contributed by atoms with van der Waals surface area (Å²) >= 11 is 1.57. The summed E-state index contributed by atoms with van der Waals surface area (Å²) < 4.78 is 5.42. The van der Waals surface area contributed by atoms with Crippen LogP contribution in [-0.2, 0) is 4.79 Å². The number of nitrogens with zero attached hydrogens (tertiary/aromatic N) is 3. The number of amides is 1. The molecule has 0 unspecified atom stereocenters. The van der Waals surface area contributed by atoms with Gasteiger partial charge in [0.1, 0.15) is 0 Å². The van der Waals surface area contributed by atoms with Gasteiger partial charge in [-0.2, -0.15) is 4.98 Å². The summed E-state index contributed by atoms with van der Waals surface area (Å²) in [5.41, 5.74) is 2.19. The van der Waals surface area contributed by atoms with E-state index in [-0.39, 0.29) is 11.8 Å². The number of rotatable bonds is 4. The molecular formula is C19H19N3O2S. The fourth-order valence-corrected chi connectivity index (χ4v) is 3.72. The average Bonchev–Trinajstić information content (AvgIpc) is 3.35. The zero-order valence-corrected chi connectivity index (χ0v) is 15.0. The molecule has 0 saturated carbocycles. The first-order valence-corrected chi connectivity index (χ1v) is 9.27. The molecule has 3 heterocycles. The molecular weight excluding hydrogens is 334 g/mol. The molecule has 0 aliphatic carbocycles. The molecule has 1 aliphatic rings. The van der Waals surface area contributed by atoms with Crippen molar-refractivity contribution in [1.82, 2.24) is 10.1 Å². The van der Waals surface area contributed by atoms with Crippen LogP contribution in [0.2, 0.25) is 0 Å². The fourth-order valence-electron chi connectivity index (χ4n) is 3.07. The molecule has 3 aromatic rings. The normalized spacial score (nSPS) is 17.6. The van der Waals surface area contributed by atoms with Crippen LogP contribution in [0.25, 0.3) is 10.7 Å². The van der Waals surface area contributed by atoms with Gasteiger partial charge in [0.25, 0.3) is 0 Å². The van der Waals surface area contributed by atoms with Crippen molar-refractivity contribution in [2.45, 2.75) is 32.1 Å². The zero-order chi connectivity index (χ0) is 17.4. The summed E-state index contributed by atoms with van der Waals surface area (Å²) in [5.74, 6) is 1.65. The van der Waals surface area contributed by atoms with E-state index in [1.807, 2.05) is 34.5 Å². The highest BCUT2D eigenvalue weighted by atomic mass is 32.1. The molecule has 4 rings (SSSR count). The van der Waals surface area contributed by atoms with Gasteiger partial charge in [0.05, 0.1) is 10.8 Å². The molecule has 1 fully saturated rings. The summed E-state index contributed by atoms with van der Waals surface area (Å²) in [6.45, 7) is 4.89. The van der Waals surface area contributed by atoms with E-state index in [0.717, 1.165) is 10.6 Å². The van der Waals surface area contributed by atoms with Crippen molar-refractivity contribution in [3.8, 4) is 10.7 Å². The number of thiophene rings is 1. The van der Waals surface area contributed by atoms with Gasteiger partial charge in [-0.25, -0.2) is 0 Å². The third-order valence-corrected chi connectivity index (χ3v) is 5.39. The average molecular weight is 353 g/mol. The Labute approximate surface area is 150 Å². The Kier molecular flexibility index (Phi) is 4.13. The number of aromatic nitrogens is 2. The van der Waals surface area contributed by atoms with Crippen LogP contribution >= 0.6 is 11.3 Å². The highest BCUT2D eigenvalue weighted by Gasteiger charge is 2.35. The van der Waals surface area contributed by atoms with Crippen molar-refractivity contribution in [3.05, 3.63) is 53.2 Å². The van der Waals surface area contributed by atoms with Crippen LogP contribution < -0.4 is 4.90 Å². The van der Waals surface area contributed by atoms with Gasteiger partial charge >= 0.3 is 0 Å². The Morgan fingerprint density at radius 3 is 2.72 bits per heavy atom. The fraction of sp³-hybridized carbons (Fsp3) is 0.316. The van der Waals surface area contributed by atoms with E-state index in [0.29, 0.717) is 30.6 Å². The maximum Gasteiger partial charge on any atom is 0.232 e. The van der Waals surface area contributed by atoms with Gasteiger partial charge < -0.3 is 9.42 Å².